The third-order valence-electron chi connectivity index (χ3n) is 6.49. The molecular weight excluding hydrogens is 470 g/mol. The number of aliphatic hydroxyl groups is 1. The SMILES string of the molecule is CCCCOc1cccc([C@@H]2/C(=C(\O)c3ccc4c(c3)OCCO4)C(=O)C(=O)N2Cc2ccccc2)c1. The molecule has 190 valence electrons. The average molecular weight is 500 g/mol. The molecule has 0 aliphatic carbocycles. The van der Waals surface area contributed by atoms with E-state index in [1.807, 2.05) is 54.6 Å². The fraction of sp³-hybridized carbons (Fsp3) is 0.267. The van der Waals surface area contributed by atoms with Gasteiger partial charge in [-0.05, 0) is 47.9 Å². The molecule has 1 fully saturated rings. The number of amides is 1. The number of hydrogen-bond acceptors (Lipinski definition) is 6. The summed E-state index contributed by atoms with van der Waals surface area (Å²) in [6.45, 7) is 3.72. The van der Waals surface area contributed by atoms with Crippen LogP contribution in [0, 0.1) is 0 Å². The second kappa shape index (κ2) is 10.8. The first-order chi connectivity index (χ1) is 18.1. The third kappa shape index (κ3) is 5.03. The fourth-order valence-electron chi connectivity index (χ4n) is 4.62. The van der Waals surface area contributed by atoms with Crippen LogP contribution >= 0.6 is 0 Å². The van der Waals surface area contributed by atoms with Gasteiger partial charge in [-0.3, -0.25) is 9.59 Å². The van der Waals surface area contributed by atoms with Crippen LogP contribution in [-0.2, 0) is 16.1 Å². The third-order valence-corrected chi connectivity index (χ3v) is 6.49. The number of aliphatic hydroxyl groups excluding tert-OH is 1. The summed E-state index contributed by atoms with van der Waals surface area (Å²) in [5, 5.41) is 11.4. The van der Waals surface area contributed by atoms with Crippen molar-refractivity contribution in [1.82, 2.24) is 4.90 Å². The van der Waals surface area contributed by atoms with Gasteiger partial charge in [0, 0.05) is 12.1 Å². The molecule has 2 heterocycles. The molecule has 1 saturated heterocycles. The van der Waals surface area contributed by atoms with E-state index in [2.05, 4.69) is 6.92 Å². The van der Waals surface area contributed by atoms with Gasteiger partial charge in [-0.2, -0.15) is 0 Å². The first-order valence-corrected chi connectivity index (χ1v) is 12.5. The van der Waals surface area contributed by atoms with Gasteiger partial charge >= 0.3 is 0 Å². The van der Waals surface area contributed by atoms with Crippen LogP contribution in [0.1, 0.15) is 42.5 Å². The molecule has 1 N–H and O–H groups in total. The van der Waals surface area contributed by atoms with Crippen molar-refractivity contribution in [3.8, 4) is 17.2 Å². The number of unbranched alkanes of at least 4 members (excludes halogenated alkanes) is 1. The van der Waals surface area contributed by atoms with Crippen molar-refractivity contribution in [2.45, 2.75) is 32.4 Å². The predicted octanol–water partition coefficient (Wildman–Crippen LogP) is 5.26. The zero-order valence-corrected chi connectivity index (χ0v) is 20.7. The van der Waals surface area contributed by atoms with Gasteiger partial charge in [0.15, 0.2) is 11.5 Å². The molecule has 2 aliphatic heterocycles. The van der Waals surface area contributed by atoms with E-state index >= 15 is 0 Å². The molecule has 0 radical (unpaired) electrons. The van der Waals surface area contributed by atoms with Crippen LogP contribution in [0.5, 0.6) is 17.2 Å². The van der Waals surface area contributed by atoms with E-state index in [0.717, 1.165) is 18.4 Å². The number of carbonyl (C=O) groups excluding carboxylic acids is 2. The van der Waals surface area contributed by atoms with Gasteiger partial charge < -0.3 is 24.2 Å². The molecule has 0 bridgehead atoms. The Morgan fingerprint density at radius 1 is 0.973 bits per heavy atom. The minimum atomic E-state index is -0.789. The van der Waals surface area contributed by atoms with Gasteiger partial charge in [-0.15, -0.1) is 0 Å². The van der Waals surface area contributed by atoms with Crippen molar-refractivity contribution in [1.29, 1.82) is 0 Å². The molecule has 5 rings (SSSR count). The molecule has 7 heteroatoms. The number of benzene rings is 3. The van der Waals surface area contributed by atoms with Crippen LogP contribution < -0.4 is 14.2 Å². The van der Waals surface area contributed by atoms with Crippen LogP contribution in [0.4, 0.5) is 0 Å². The predicted molar refractivity (Wildman–Crippen MR) is 139 cm³/mol. The number of ketones is 1. The number of carbonyl (C=O) groups is 2. The Labute approximate surface area is 215 Å². The number of likely N-dealkylation sites (tertiary alicyclic amines) is 1. The maximum absolute atomic E-state index is 13.4. The standard InChI is InChI=1S/C30H29NO6/c1-2-3-14-35-23-11-7-10-21(17-23)27-26(28(32)22-12-13-24-25(18-22)37-16-15-36-24)29(33)30(34)31(27)19-20-8-5-4-6-9-20/h4-13,17-18,27,32H,2-3,14-16,19H2,1H3/b28-26+/t27-/m1/s1. The van der Waals surface area contributed by atoms with Gasteiger partial charge in [0.1, 0.15) is 24.7 Å². The van der Waals surface area contributed by atoms with E-state index in [9.17, 15) is 14.7 Å². The maximum atomic E-state index is 13.4. The van der Waals surface area contributed by atoms with Crippen LogP contribution in [0.3, 0.4) is 0 Å². The summed E-state index contributed by atoms with van der Waals surface area (Å²) in [5.41, 5.74) is 1.97. The molecule has 1 atom stereocenters. The Morgan fingerprint density at radius 3 is 2.54 bits per heavy atom. The van der Waals surface area contributed by atoms with Crippen LogP contribution in [0.25, 0.3) is 5.76 Å². The smallest absolute Gasteiger partial charge is 0.295 e. The Balaban J connectivity index is 1.59. The van der Waals surface area contributed by atoms with Crippen molar-refractivity contribution >= 4 is 17.4 Å². The highest BCUT2D eigenvalue weighted by Crippen LogP contribution is 2.42. The molecule has 0 spiro atoms. The van der Waals surface area contributed by atoms with Gasteiger partial charge in [0.25, 0.3) is 11.7 Å². The van der Waals surface area contributed by atoms with E-state index in [1.165, 1.54) is 4.90 Å². The lowest BCUT2D eigenvalue weighted by molar-refractivity contribution is -0.140. The quantitative estimate of drug-likeness (QED) is 0.197. The number of fused-ring (bicyclic) bond motifs is 1. The van der Waals surface area contributed by atoms with Crippen LogP contribution in [0.2, 0.25) is 0 Å². The fourth-order valence-corrected chi connectivity index (χ4v) is 4.62. The zero-order chi connectivity index (χ0) is 25.8. The number of nitrogens with zero attached hydrogens (tertiary/aromatic N) is 1. The molecule has 37 heavy (non-hydrogen) atoms. The minimum absolute atomic E-state index is 0.0308. The van der Waals surface area contributed by atoms with Crippen LogP contribution in [-0.4, -0.2) is 41.5 Å². The van der Waals surface area contributed by atoms with E-state index in [-0.39, 0.29) is 17.9 Å². The topological polar surface area (TPSA) is 85.3 Å². The van der Waals surface area contributed by atoms with Crippen LogP contribution in [0.15, 0.2) is 78.4 Å². The van der Waals surface area contributed by atoms with E-state index in [4.69, 9.17) is 14.2 Å². The summed E-state index contributed by atoms with van der Waals surface area (Å²) >= 11 is 0. The molecule has 3 aromatic carbocycles. The lowest BCUT2D eigenvalue weighted by Gasteiger charge is -2.26. The number of ether oxygens (including phenoxy) is 3. The molecule has 3 aromatic rings. The van der Waals surface area contributed by atoms with Gasteiger partial charge in [0.2, 0.25) is 0 Å². The Bertz CT molecular complexity index is 1330. The number of Topliss-reactive ketones (excluding diaryl/α,β-unsaturated/α-hetero) is 1. The molecule has 0 saturated carbocycles. The van der Waals surface area contributed by atoms with E-state index in [0.29, 0.717) is 48.2 Å². The summed E-state index contributed by atoms with van der Waals surface area (Å²) < 4.78 is 17.1. The molecule has 2 aliphatic rings. The molecule has 0 aromatic heterocycles. The first kappa shape index (κ1) is 24.4. The summed E-state index contributed by atoms with van der Waals surface area (Å²) in [7, 11) is 0. The maximum Gasteiger partial charge on any atom is 0.295 e. The highest BCUT2D eigenvalue weighted by atomic mass is 16.6. The van der Waals surface area contributed by atoms with Crippen molar-refractivity contribution < 1.29 is 28.9 Å². The normalized spacial score (nSPS) is 18.2. The highest BCUT2D eigenvalue weighted by Gasteiger charge is 2.46. The van der Waals surface area contributed by atoms with E-state index in [1.54, 1.807) is 18.2 Å². The van der Waals surface area contributed by atoms with Gasteiger partial charge in [0.05, 0.1) is 18.2 Å². The largest absolute Gasteiger partial charge is 0.507 e. The summed E-state index contributed by atoms with van der Waals surface area (Å²) in [6.07, 6.45) is 1.92. The van der Waals surface area contributed by atoms with Gasteiger partial charge in [-0.1, -0.05) is 55.8 Å². The summed E-state index contributed by atoms with van der Waals surface area (Å²) in [4.78, 5) is 28.2. The van der Waals surface area contributed by atoms with Crippen molar-refractivity contribution in [2.75, 3.05) is 19.8 Å². The zero-order valence-electron chi connectivity index (χ0n) is 20.7. The Hall–Kier alpha value is -4.26. The lowest BCUT2D eigenvalue weighted by Crippen LogP contribution is -2.29. The Morgan fingerprint density at radius 2 is 1.76 bits per heavy atom. The average Bonchev–Trinajstić information content (AvgIpc) is 3.18. The molecule has 0 unspecified atom stereocenters. The van der Waals surface area contributed by atoms with Gasteiger partial charge in [-0.25, -0.2) is 0 Å². The monoisotopic (exact) mass is 499 g/mol. The molecule has 7 nitrogen and oxygen atoms in total. The first-order valence-electron chi connectivity index (χ1n) is 12.5. The lowest BCUT2D eigenvalue weighted by atomic mass is 9.94. The van der Waals surface area contributed by atoms with E-state index < -0.39 is 17.7 Å². The van der Waals surface area contributed by atoms with Crippen molar-refractivity contribution in [3.63, 3.8) is 0 Å². The molecular formula is C30H29NO6. The number of hydrogen-bond donors (Lipinski definition) is 1. The summed E-state index contributed by atoms with van der Waals surface area (Å²) in [5.74, 6) is 0.0529. The molecule has 1 amide bonds. The highest BCUT2D eigenvalue weighted by molar-refractivity contribution is 6.46. The van der Waals surface area contributed by atoms with Crippen molar-refractivity contribution in [2.24, 2.45) is 0 Å². The second-order valence-corrected chi connectivity index (χ2v) is 9.05. The Kier molecular flexibility index (Phi) is 7.12. The summed E-state index contributed by atoms with van der Waals surface area (Å²) in [6, 6.07) is 21.0. The number of rotatable bonds is 8. The van der Waals surface area contributed by atoms with Crippen molar-refractivity contribution in [3.05, 3.63) is 95.1 Å². The second-order valence-electron chi connectivity index (χ2n) is 9.05. The minimum Gasteiger partial charge on any atom is -0.507 e.